The second-order valence-corrected chi connectivity index (χ2v) is 6.50. The van der Waals surface area contributed by atoms with E-state index in [1.165, 1.54) is 12.0 Å². The Morgan fingerprint density at radius 3 is 2.68 bits per heavy atom. The second-order valence-electron chi connectivity index (χ2n) is 6.06. The Kier molecular flexibility index (Phi) is 7.62. The van der Waals surface area contributed by atoms with Gasteiger partial charge in [0, 0.05) is 24.5 Å². The predicted molar refractivity (Wildman–Crippen MR) is 101 cm³/mol. The molecule has 0 bridgehead atoms. The van der Waals surface area contributed by atoms with Gasteiger partial charge in [-0.15, -0.1) is 0 Å². The molecular weight excluding hydrogens is 390 g/mol. The summed E-state index contributed by atoms with van der Waals surface area (Å²) in [5, 5.41) is 5.30. The molecule has 28 heavy (non-hydrogen) atoms. The van der Waals surface area contributed by atoms with Crippen LogP contribution in [0.5, 0.6) is 5.75 Å². The van der Waals surface area contributed by atoms with Crippen LogP contribution in [0, 0.1) is 5.92 Å². The Morgan fingerprint density at radius 2 is 2.00 bits per heavy atom. The Morgan fingerprint density at radius 1 is 1.25 bits per heavy atom. The number of esters is 1. The molecule has 0 aromatic heterocycles. The smallest absolute Gasteiger partial charge is 0.311 e. The average Bonchev–Trinajstić information content (AvgIpc) is 3.06. The lowest BCUT2D eigenvalue weighted by Crippen LogP contribution is -2.39. The van der Waals surface area contributed by atoms with Crippen LogP contribution in [-0.4, -0.2) is 57.0 Å². The lowest BCUT2D eigenvalue weighted by molar-refractivity contribution is -0.152. The van der Waals surface area contributed by atoms with Crippen LogP contribution in [0.25, 0.3) is 0 Å². The number of methoxy groups -OCH3 is 1. The van der Waals surface area contributed by atoms with E-state index in [4.69, 9.17) is 21.1 Å². The summed E-state index contributed by atoms with van der Waals surface area (Å²) in [6, 6.07) is 4.85. The fraction of sp³-hybridized carbons (Fsp3) is 0.444. The minimum Gasteiger partial charge on any atom is -0.495 e. The summed E-state index contributed by atoms with van der Waals surface area (Å²) < 4.78 is 10.2. The highest BCUT2D eigenvalue weighted by Crippen LogP contribution is 2.35. The number of hydrogen-bond donors (Lipinski definition) is 2. The molecule has 1 aliphatic heterocycles. The van der Waals surface area contributed by atoms with Crippen LogP contribution in [0.3, 0.4) is 0 Å². The van der Waals surface area contributed by atoms with Gasteiger partial charge in [-0.2, -0.15) is 0 Å². The van der Waals surface area contributed by atoms with Crippen molar-refractivity contribution in [2.75, 3.05) is 38.3 Å². The van der Waals surface area contributed by atoms with Crippen molar-refractivity contribution in [3.05, 3.63) is 23.2 Å². The summed E-state index contributed by atoms with van der Waals surface area (Å²) in [4.78, 5) is 48.9. The maximum Gasteiger partial charge on any atom is 0.311 e. The van der Waals surface area contributed by atoms with Gasteiger partial charge in [0.1, 0.15) is 5.75 Å². The number of carbonyl (C=O) groups is 4. The summed E-state index contributed by atoms with van der Waals surface area (Å²) in [7, 11) is 1.47. The molecule has 1 saturated heterocycles. The largest absolute Gasteiger partial charge is 0.495 e. The van der Waals surface area contributed by atoms with E-state index in [0.717, 1.165) is 0 Å². The van der Waals surface area contributed by atoms with E-state index in [1.807, 2.05) is 0 Å². The minimum atomic E-state index is -0.715. The number of likely N-dealkylation sites (N-methyl/N-ethyl adjacent to an activating group) is 1. The van der Waals surface area contributed by atoms with Crippen LogP contribution < -0.4 is 20.3 Å². The highest BCUT2D eigenvalue weighted by Gasteiger charge is 2.37. The Hall–Kier alpha value is -2.81. The van der Waals surface area contributed by atoms with Gasteiger partial charge >= 0.3 is 5.97 Å². The van der Waals surface area contributed by atoms with Crippen molar-refractivity contribution in [3.8, 4) is 5.75 Å². The number of amides is 3. The first kappa shape index (κ1) is 21.5. The van der Waals surface area contributed by atoms with E-state index in [2.05, 4.69) is 10.6 Å². The highest BCUT2D eigenvalue weighted by atomic mass is 35.5. The monoisotopic (exact) mass is 411 g/mol. The molecule has 0 unspecified atom stereocenters. The quantitative estimate of drug-likeness (QED) is 0.602. The zero-order valence-electron chi connectivity index (χ0n) is 15.6. The normalized spacial score (nSPS) is 15.9. The fourth-order valence-electron chi connectivity index (χ4n) is 2.72. The molecule has 2 rings (SSSR count). The predicted octanol–water partition coefficient (Wildman–Crippen LogP) is 0.497. The third-order valence-electron chi connectivity index (χ3n) is 4.06. The number of anilines is 1. The number of rotatable bonds is 8. The first-order valence-corrected chi connectivity index (χ1v) is 9.07. The minimum absolute atomic E-state index is 0.0466. The van der Waals surface area contributed by atoms with Crippen molar-refractivity contribution in [3.63, 3.8) is 0 Å². The summed E-state index contributed by atoms with van der Waals surface area (Å²) in [6.45, 7) is 1.58. The van der Waals surface area contributed by atoms with Crippen LogP contribution in [0.4, 0.5) is 5.69 Å². The number of carbonyl (C=O) groups excluding carboxylic acids is 4. The average molecular weight is 412 g/mol. The van der Waals surface area contributed by atoms with Crippen molar-refractivity contribution in [1.82, 2.24) is 10.6 Å². The van der Waals surface area contributed by atoms with Gasteiger partial charge < -0.3 is 25.0 Å². The SMILES string of the molecule is CCNC(=O)CNC(=O)COC(=O)[C@@H]1CC(=O)N(c2cc(Cl)ccc2OC)C1. The van der Waals surface area contributed by atoms with Crippen LogP contribution in [0.15, 0.2) is 18.2 Å². The van der Waals surface area contributed by atoms with Gasteiger partial charge in [0.2, 0.25) is 11.8 Å². The topological polar surface area (TPSA) is 114 Å². The third-order valence-corrected chi connectivity index (χ3v) is 4.29. The molecule has 0 aliphatic carbocycles. The van der Waals surface area contributed by atoms with Gasteiger partial charge in [-0.3, -0.25) is 19.2 Å². The molecule has 0 radical (unpaired) electrons. The maximum absolute atomic E-state index is 12.3. The van der Waals surface area contributed by atoms with Crippen molar-refractivity contribution >= 4 is 41.0 Å². The summed E-state index contributed by atoms with van der Waals surface area (Å²) in [6.07, 6.45) is -0.0466. The molecule has 1 aromatic rings. The molecule has 1 fully saturated rings. The van der Waals surface area contributed by atoms with E-state index >= 15 is 0 Å². The first-order valence-electron chi connectivity index (χ1n) is 8.69. The fourth-order valence-corrected chi connectivity index (χ4v) is 2.88. The van der Waals surface area contributed by atoms with E-state index in [1.54, 1.807) is 25.1 Å². The van der Waals surface area contributed by atoms with Gasteiger partial charge in [-0.1, -0.05) is 11.6 Å². The Bertz CT molecular complexity index is 770. The van der Waals surface area contributed by atoms with Gasteiger partial charge in [0.15, 0.2) is 6.61 Å². The van der Waals surface area contributed by atoms with Crippen LogP contribution in [0.2, 0.25) is 5.02 Å². The summed E-state index contributed by atoms with van der Waals surface area (Å²) in [5.74, 6) is -2.14. The van der Waals surface area contributed by atoms with Crippen molar-refractivity contribution < 1.29 is 28.7 Å². The van der Waals surface area contributed by atoms with Gasteiger partial charge in [0.05, 0.1) is 25.3 Å². The molecule has 0 saturated carbocycles. The molecule has 1 aromatic carbocycles. The standard InChI is InChI=1S/C18H22ClN3O6/c1-3-20-15(23)8-21-16(24)10-28-18(26)11-6-17(25)22(9-11)13-7-12(19)4-5-14(13)27-2/h4-5,7,11H,3,6,8-10H2,1-2H3,(H,20,23)(H,21,24)/t11-/m1/s1. The number of nitrogens with one attached hydrogen (secondary N) is 2. The molecule has 1 heterocycles. The zero-order valence-corrected chi connectivity index (χ0v) is 16.4. The number of halogens is 1. The number of benzene rings is 1. The van der Waals surface area contributed by atoms with Gasteiger partial charge in [0.25, 0.3) is 5.91 Å². The molecule has 152 valence electrons. The second kappa shape index (κ2) is 9.93. The van der Waals surface area contributed by atoms with Crippen molar-refractivity contribution in [2.24, 2.45) is 5.92 Å². The van der Waals surface area contributed by atoms with Crippen LogP contribution >= 0.6 is 11.6 Å². The molecule has 9 nitrogen and oxygen atoms in total. The summed E-state index contributed by atoms with van der Waals surface area (Å²) in [5.41, 5.74) is 0.468. The first-order chi connectivity index (χ1) is 13.3. The molecule has 2 N–H and O–H groups in total. The Balaban J connectivity index is 1.89. The van der Waals surface area contributed by atoms with E-state index in [0.29, 0.717) is 23.0 Å². The van der Waals surface area contributed by atoms with Crippen molar-refractivity contribution in [1.29, 1.82) is 0 Å². The molecule has 1 aliphatic rings. The van der Waals surface area contributed by atoms with E-state index < -0.39 is 24.4 Å². The highest BCUT2D eigenvalue weighted by molar-refractivity contribution is 6.31. The van der Waals surface area contributed by atoms with Gasteiger partial charge in [-0.25, -0.2) is 0 Å². The van der Waals surface area contributed by atoms with E-state index in [-0.39, 0.29) is 31.3 Å². The molecule has 1 atom stereocenters. The lowest BCUT2D eigenvalue weighted by Gasteiger charge is -2.19. The van der Waals surface area contributed by atoms with E-state index in [9.17, 15) is 19.2 Å². The summed E-state index contributed by atoms with van der Waals surface area (Å²) >= 11 is 6.00. The van der Waals surface area contributed by atoms with Crippen molar-refractivity contribution in [2.45, 2.75) is 13.3 Å². The number of nitrogens with zero attached hydrogens (tertiary/aromatic N) is 1. The molecule has 0 spiro atoms. The Labute approximate surface area is 167 Å². The van der Waals surface area contributed by atoms with Crippen LogP contribution in [-0.2, 0) is 23.9 Å². The third kappa shape index (κ3) is 5.59. The number of hydrogen-bond acceptors (Lipinski definition) is 6. The molecular formula is C18H22ClN3O6. The zero-order chi connectivity index (χ0) is 20.7. The van der Waals surface area contributed by atoms with Crippen LogP contribution in [0.1, 0.15) is 13.3 Å². The maximum atomic E-state index is 12.3. The van der Waals surface area contributed by atoms with Gasteiger partial charge in [-0.05, 0) is 25.1 Å². The molecule has 3 amide bonds. The number of ether oxygens (including phenoxy) is 2. The lowest BCUT2D eigenvalue weighted by atomic mass is 10.1. The molecule has 10 heteroatoms.